The van der Waals surface area contributed by atoms with Gasteiger partial charge in [0.05, 0.1) is 5.69 Å². The van der Waals surface area contributed by atoms with Crippen LogP contribution < -0.4 is 5.32 Å². The lowest BCUT2D eigenvalue weighted by atomic mass is 9.95. The van der Waals surface area contributed by atoms with Crippen LogP contribution in [-0.4, -0.2) is 45.0 Å². The molecule has 2 amide bonds. The van der Waals surface area contributed by atoms with Crippen molar-refractivity contribution in [3.05, 3.63) is 66.0 Å². The van der Waals surface area contributed by atoms with Gasteiger partial charge in [-0.1, -0.05) is 6.07 Å². The number of aromatic nitrogens is 3. The van der Waals surface area contributed by atoms with Crippen LogP contribution in [0.15, 0.2) is 48.7 Å². The van der Waals surface area contributed by atoms with Gasteiger partial charge in [0.2, 0.25) is 5.91 Å². The Morgan fingerprint density at radius 1 is 1.03 bits per heavy atom. The number of anilines is 1. The molecule has 0 saturated carbocycles. The summed E-state index contributed by atoms with van der Waals surface area (Å²) in [4.78, 5) is 31.0. The van der Waals surface area contributed by atoms with Crippen molar-refractivity contribution in [2.75, 3.05) is 18.4 Å². The van der Waals surface area contributed by atoms with Gasteiger partial charge in [0.15, 0.2) is 11.6 Å². The average Bonchev–Trinajstić information content (AvgIpc) is 3.27. The number of rotatable bonds is 4. The lowest BCUT2D eigenvalue weighted by Crippen LogP contribution is -2.41. The van der Waals surface area contributed by atoms with E-state index in [-0.39, 0.29) is 23.4 Å². The van der Waals surface area contributed by atoms with Gasteiger partial charge >= 0.3 is 0 Å². The molecule has 0 radical (unpaired) electrons. The summed E-state index contributed by atoms with van der Waals surface area (Å²) in [5.74, 6) is -2.76. The summed E-state index contributed by atoms with van der Waals surface area (Å²) in [6.45, 7) is 0.819. The summed E-state index contributed by atoms with van der Waals surface area (Å²) in [7, 11) is 0. The third kappa shape index (κ3) is 4.19. The number of likely N-dealkylation sites (tertiary alicyclic amines) is 1. The first kappa shape index (κ1) is 19.7. The predicted octanol–water partition coefficient (Wildman–Crippen LogP) is 3.24. The van der Waals surface area contributed by atoms with Gasteiger partial charge < -0.3 is 10.2 Å². The summed E-state index contributed by atoms with van der Waals surface area (Å²) >= 11 is 0. The SMILES string of the molecule is O=C(Nc1ccc(F)c(F)c1)C1CCN(C(=O)c2cc(-c3ccccn3)n[nH]2)CC1. The number of halogens is 2. The Morgan fingerprint density at radius 2 is 1.83 bits per heavy atom. The minimum Gasteiger partial charge on any atom is -0.337 e. The first-order valence-electron chi connectivity index (χ1n) is 9.53. The molecule has 1 fully saturated rings. The van der Waals surface area contributed by atoms with Crippen LogP contribution in [0.25, 0.3) is 11.4 Å². The highest BCUT2D eigenvalue weighted by molar-refractivity contribution is 5.94. The van der Waals surface area contributed by atoms with Gasteiger partial charge in [-0.05, 0) is 43.2 Å². The van der Waals surface area contributed by atoms with Gasteiger partial charge in [-0.25, -0.2) is 8.78 Å². The van der Waals surface area contributed by atoms with Crippen molar-refractivity contribution in [3.63, 3.8) is 0 Å². The summed E-state index contributed by atoms with van der Waals surface area (Å²) < 4.78 is 26.3. The maximum absolute atomic E-state index is 13.3. The van der Waals surface area contributed by atoms with Crippen molar-refractivity contribution in [1.82, 2.24) is 20.1 Å². The highest BCUT2D eigenvalue weighted by atomic mass is 19.2. The van der Waals surface area contributed by atoms with Gasteiger partial charge in [0.1, 0.15) is 11.4 Å². The molecule has 1 aliphatic heterocycles. The molecule has 1 aliphatic rings. The summed E-state index contributed by atoms with van der Waals surface area (Å²) in [6, 6.07) is 10.3. The number of nitrogens with zero attached hydrogens (tertiary/aromatic N) is 3. The van der Waals surface area contributed by atoms with E-state index in [9.17, 15) is 18.4 Å². The fourth-order valence-corrected chi connectivity index (χ4v) is 3.41. The molecule has 30 heavy (non-hydrogen) atoms. The fraction of sp³-hybridized carbons (Fsp3) is 0.238. The minimum absolute atomic E-state index is 0.191. The van der Waals surface area contributed by atoms with E-state index < -0.39 is 11.6 Å². The molecule has 7 nitrogen and oxygen atoms in total. The number of hydrogen-bond acceptors (Lipinski definition) is 4. The molecule has 0 unspecified atom stereocenters. The molecule has 0 spiro atoms. The Bertz CT molecular complexity index is 1060. The second-order valence-corrected chi connectivity index (χ2v) is 7.07. The van der Waals surface area contributed by atoms with E-state index >= 15 is 0 Å². The highest BCUT2D eigenvalue weighted by Gasteiger charge is 2.29. The van der Waals surface area contributed by atoms with Crippen molar-refractivity contribution in [2.24, 2.45) is 5.92 Å². The number of nitrogens with one attached hydrogen (secondary N) is 2. The minimum atomic E-state index is -1.02. The summed E-state index contributed by atoms with van der Waals surface area (Å²) in [5.41, 5.74) is 1.82. The second-order valence-electron chi connectivity index (χ2n) is 7.07. The summed E-state index contributed by atoms with van der Waals surface area (Å²) in [6.07, 6.45) is 2.60. The van der Waals surface area contributed by atoms with Crippen LogP contribution in [0.3, 0.4) is 0 Å². The zero-order valence-corrected chi connectivity index (χ0v) is 15.9. The van der Waals surface area contributed by atoms with Crippen LogP contribution in [0.5, 0.6) is 0 Å². The number of carbonyl (C=O) groups excluding carboxylic acids is 2. The van der Waals surface area contributed by atoms with E-state index in [0.717, 1.165) is 12.1 Å². The first-order chi connectivity index (χ1) is 14.5. The Balaban J connectivity index is 1.34. The normalized spacial score (nSPS) is 14.5. The van der Waals surface area contributed by atoms with E-state index in [0.29, 0.717) is 43.0 Å². The van der Waals surface area contributed by atoms with Crippen LogP contribution in [-0.2, 0) is 4.79 Å². The Hall–Kier alpha value is -3.62. The smallest absolute Gasteiger partial charge is 0.271 e. The number of hydrogen-bond donors (Lipinski definition) is 2. The zero-order chi connectivity index (χ0) is 21.1. The van der Waals surface area contributed by atoms with Crippen LogP contribution in [0.4, 0.5) is 14.5 Å². The van der Waals surface area contributed by atoms with Crippen molar-refractivity contribution >= 4 is 17.5 Å². The van der Waals surface area contributed by atoms with Gasteiger partial charge in [0, 0.05) is 37.0 Å². The van der Waals surface area contributed by atoms with E-state index in [1.807, 2.05) is 12.1 Å². The third-order valence-corrected chi connectivity index (χ3v) is 5.08. The van der Waals surface area contributed by atoms with Crippen molar-refractivity contribution < 1.29 is 18.4 Å². The largest absolute Gasteiger partial charge is 0.337 e. The van der Waals surface area contributed by atoms with Crippen LogP contribution >= 0.6 is 0 Å². The molecule has 0 bridgehead atoms. The molecule has 2 aromatic heterocycles. The molecular formula is C21H19F2N5O2. The van der Waals surface area contributed by atoms with Gasteiger partial charge in [0.25, 0.3) is 5.91 Å². The van der Waals surface area contributed by atoms with Crippen molar-refractivity contribution in [2.45, 2.75) is 12.8 Å². The molecule has 0 aliphatic carbocycles. The number of H-pyrrole nitrogens is 1. The molecule has 2 N–H and O–H groups in total. The fourth-order valence-electron chi connectivity index (χ4n) is 3.41. The van der Waals surface area contributed by atoms with Crippen molar-refractivity contribution in [1.29, 1.82) is 0 Å². The topological polar surface area (TPSA) is 91.0 Å². The van der Waals surface area contributed by atoms with Gasteiger partial charge in [-0.15, -0.1) is 0 Å². The molecule has 1 saturated heterocycles. The van der Waals surface area contributed by atoms with E-state index in [2.05, 4.69) is 20.5 Å². The first-order valence-corrected chi connectivity index (χ1v) is 9.53. The molecule has 4 rings (SSSR count). The Labute approximate surface area is 171 Å². The van der Waals surface area contributed by atoms with Crippen LogP contribution in [0.1, 0.15) is 23.3 Å². The molecule has 154 valence electrons. The molecule has 3 aromatic rings. The van der Waals surface area contributed by atoms with Crippen molar-refractivity contribution in [3.8, 4) is 11.4 Å². The van der Waals surface area contributed by atoms with E-state index in [4.69, 9.17) is 0 Å². The molecule has 9 heteroatoms. The number of pyridine rings is 1. The average molecular weight is 411 g/mol. The number of benzene rings is 1. The third-order valence-electron chi connectivity index (χ3n) is 5.08. The predicted molar refractivity (Wildman–Crippen MR) is 105 cm³/mol. The van der Waals surface area contributed by atoms with E-state index in [1.165, 1.54) is 6.07 Å². The maximum Gasteiger partial charge on any atom is 0.271 e. The summed E-state index contributed by atoms with van der Waals surface area (Å²) in [5, 5.41) is 9.51. The quantitative estimate of drug-likeness (QED) is 0.690. The molecule has 1 aromatic carbocycles. The standard InChI is InChI=1S/C21H19F2N5O2/c22-15-5-4-14(11-16(15)23)25-20(29)13-6-9-28(10-7-13)21(30)19-12-18(26-27-19)17-3-1-2-8-24-17/h1-5,8,11-13H,6-7,9-10H2,(H,25,29)(H,26,27). The number of piperidine rings is 1. The van der Waals surface area contributed by atoms with Gasteiger partial charge in [-0.3, -0.25) is 19.7 Å². The van der Waals surface area contributed by atoms with Crippen LogP contribution in [0, 0.1) is 17.6 Å². The second kappa shape index (κ2) is 8.40. The highest BCUT2D eigenvalue weighted by Crippen LogP contribution is 2.22. The molecule has 3 heterocycles. The number of aromatic amines is 1. The maximum atomic E-state index is 13.3. The van der Waals surface area contributed by atoms with Crippen LogP contribution in [0.2, 0.25) is 0 Å². The Kier molecular flexibility index (Phi) is 5.51. The Morgan fingerprint density at radius 3 is 2.53 bits per heavy atom. The lowest BCUT2D eigenvalue weighted by Gasteiger charge is -2.31. The number of amides is 2. The zero-order valence-electron chi connectivity index (χ0n) is 15.9. The van der Waals surface area contributed by atoms with E-state index in [1.54, 1.807) is 23.2 Å². The molecule has 0 atom stereocenters. The van der Waals surface area contributed by atoms with Gasteiger partial charge in [-0.2, -0.15) is 5.10 Å². The lowest BCUT2D eigenvalue weighted by molar-refractivity contribution is -0.121. The number of carbonyl (C=O) groups is 2. The monoisotopic (exact) mass is 411 g/mol. The molecular weight excluding hydrogens is 392 g/mol.